The number of amides is 3. The molecule has 0 aliphatic rings. The van der Waals surface area contributed by atoms with Crippen LogP contribution in [-0.4, -0.2) is 64.4 Å². The Balaban J connectivity index is 1.63. The van der Waals surface area contributed by atoms with Crippen molar-refractivity contribution in [2.75, 3.05) is 13.7 Å². The maximum absolute atomic E-state index is 13.8. The van der Waals surface area contributed by atoms with E-state index in [1.54, 1.807) is 74.6 Å². The molecular weight excluding hydrogens is 650 g/mol. The number of aliphatic carboxylic acids is 1. The third-order valence-electron chi connectivity index (χ3n) is 8.29. The number of hydrogen-bond acceptors (Lipinski definition) is 8. The number of alkyl carbamates (subject to hydrolysis) is 2. The molecule has 0 aliphatic carbocycles. The van der Waals surface area contributed by atoms with Gasteiger partial charge in [-0.1, -0.05) is 112 Å². The van der Waals surface area contributed by atoms with E-state index in [1.165, 1.54) is 7.11 Å². The van der Waals surface area contributed by atoms with Gasteiger partial charge >= 0.3 is 18.2 Å². The van der Waals surface area contributed by atoms with Crippen LogP contribution < -0.4 is 16.1 Å². The number of nitrogens with zero attached hydrogens (tertiary/aromatic N) is 2. The van der Waals surface area contributed by atoms with Gasteiger partial charge in [-0.2, -0.15) is 0 Å². The number of methoxy groups -OCH3 is 1. The van der Waals surface area contributed by atoms with Gasteiger partial charge in [0.1, 0.15) is 18.2 Å². The average molecular weight is 696 g/mol. The molecule has 0 bridgehead atoms. The highest BCUT2D eigenvalue weighted by atomic mass is 16.5. The summed E-state index contributed by atoms with van der Waals surface area (Å²) in [5.74, 6) is -1.80. The van der Waals surface area contributed by atoms with Crippen molar-refractivity contribution in [2.45, 2.75) is 58.3 Å². The van der Waals surface area contributed by atoms with Crippen molar-refractivity contribution < 1.29 is 33.8 Å². The zero-order chi connectivity index (χ0) is 36.9. The number of carbonyl (C=O) groups excluding carboxylic acids is 3. The second kappa shape index (κ2) is 17.8. The standard InChI is InChI=1S/C39H45N5O7/c1-38(2,3)33(41-36(48)50-4)34(45)43-44(26-29-17-19-31(20-18-29)32-16-11-22-40-25-32)23-21-39(35(46)47,24-28-12-7-5-8-13-28)42-37(49)51-27-30-14-9-6-10-15-30/h5-20,22,25,33H,21,23-24,26-27H2,1-4H3,(H,41,48)(H,42,49)(H,43,45)(H,46,47)/t33-,39-/m1/s1. The number of carbonyl (C=O) groups is 4. The third-order valence-corrected chi connectivity index (χ3v) is 8.29. The fraction of sp³-hybridized carbons (Fsp3) is 0.308. The van der Waals surface area contributed by atoms with E-state index in [-0.39, 0.29) is 32.5 Å². The van der Waals surface area contributed by atoms with Gasteiger partial charge in [0.25, 0.3) is 5.91 Å². The summed E-state index contributed by atoms with van der Waals surface area (Å²) in [4.78, 5) is 56.5. The summed E-state index contributed by atoms with van der Waals surface area (Å²) in [6, 6.07) is 28.5. The van der Waals surface area contributed by atoms with E-state index in [2.05, 4.69) is 21.0 Å². The molecule has 0 unspecified atom stereocenters. The van der Waals surface area contributed by atoms with Gasteiger partial charge < -0.3 is 25.2 Å². The van der Waals surface area contributed by atoms with Gasteiger partial charge in [-0.25, -0.2) is 19.4 Å². The molecule has 268 valence electrons. The second-order valence-corrected chi connectivity index (χ2v) is 13.3. The summed E-state index contributed by atoms with van der Waals surface area (Å²) < 4.78 is 10.2. The molecule has 1 aromatic heterocycles. The van der Waals surface area contributed by atoms with E-state index in [1.807, 2.05) is 60.7 Å². The molecular formula is C39H45N5O7. The first-order valence-corrected chi connectivity index (χ1v) is 16.5. The summed E-state index contributed by atoms with van der Waals surface area (Å²) in [6.07, 6.45) is 1.61. The average Bonchev–Trinajstić information content (AvgIpc) is 3.12. The Bertz CT molecular complexity index is 1730. The largest absolute Gasteiger partial charge is 0.479 e. The van der Waals surface area contributed by atoms with Crippen molar-refractivity contribution in [3.8, 4) is 11.1 Å². The molecule has 0 aliphatic heterocycles. The van der Waals surface area contributed by atoms with Crippen LogP contribution in [0.15, 0.2) is 109 Å². The zero-order valence-electron chi connectivity index (χ0n) is 29.3. The minimum Gasteiger partial charge on any atom is -0.479 e. The van der Waals surface area contributed by atoms with Crippen molar-refractivity contribution in [1.82, 2.24) is 26.1 Å². The lowest BCUT2D eigenvalue weighted by molar-refractivity contribution is -0.145. The first-order valence-electron chi connectivity index (χ1n) is 16.5. The smallest absolute Gasteiger partial charge is 0.408 e. The van der Waals surface area contributed by atoms with Gasteiger partial charge in [-0.05, 0) is 45.7 Å². The van der Waals surface area contributed by atoms with Gasteiger partial charge in [0.15, 0.2) is 0 Å². The Labute approximate surface area is 298 Å². The summed E-state index contributed by atoms with van der Waals surface area (Å²) in [5, 5.41) is 17.6. The minimum absolute atomic E-state index is 0.0106. The number of hydrogen-bond donors (Lipinski definition) is 4. The van der Waals surface area contributed by atoms with Crippen LogP contribution in [0.25, 0.3) is 11.1 Å². The lowest BCUT2D eigenvalue weighted by Crippen LogP contribution is -2.60. The molecule has 3 amide bonds. The predicted octanol–water partition coefficient (Wildman–Crippen LogP) is 5.74. The van der Waals surface area contributed by atoms with E-state index < -0.39 is 41.1 Å². The SMILES string of the molecule is COC(=O)N[C@H](C(=O)NN(CC[C@](Cc1ccccc1)(NC(=O)OCc1ccccc1)C(=O)O)Cc1ccc(-c2cccnc2)cc1)C(C)(C)C. The molecule has 4 rings (SSSR count). The Morgan fingerprint density at radius 3 is 2.02 bits per heavy atom. The number of aromatic nitrogens is 1. The summed E-state index contributed by atoms with van der Waals surface area (Å²) in [5.41, 5.74) is 4.49. The van der Waals surface area contributed by atoms with Gasteiger partial charge in [0.2, 0.25) is 0 Å². The van der Waals surface area contributed by atoms with Crippen LogP contribution in [-0.2, 0) is 38.6 Å². The quantitative estimate of drug-likeness (QED) is 0.114. The lowest BCUT2D eigenvalue weighted by Gasteiger charge is -2.35. The molecule has 0 spiro atoms. The fourth-order valence-electron chi connectivity index (χ4n) is 5.46. The Morgan fingerprint density at radius 2 is 1.45 bits per heavy atom. The maximum atomic E-state index is 13.8. The van der Waals surface area contributed by atoms with E-state index in [9.17, 15) is 24.3 Å². The van der Waals surface area contributed by atoms with Gasteiger partial charge in [0, 0.05) is 31.9 Å². The van der Waals surface area contributed by atoms with Gasteiger partial charge in [-0.15, -0.1) is 0 Å². The molecule has 1 heterocycles. The molecule has 4 aromatic rings. The molecule has 12 heteroatoms. The van der Waals surface area contributed by atoms with Crippen LogP contribution in [0.2, 0.25) is 0 Å². The number of nitrogens with one attached hydrogen (secondary N) is 3. The van der Waals surface area contributed by atoms with E-state index in [0.717, 1.165) is 22.3 Å². The van der Waals surface area contributed by atoms with Crippen LogP contribution in [0.4, 0.5) is 9.59 Å². The lowest BCUT2D eigenvalue weighted by atomic mass is 9.86. The molecule has 0 saturated heterocycles. The first kappa shape index (κ1) is 38.1. The number of rotatable bonds is 15. The normalized spacial score (nSPS) is 13.0. The maximum Gasteiger partial charge on any atom is 0.408 e. The van der Waals surface area contributed by atoms with Gasteiger partial charge in [0.05, 0.1) is 7.11 Å². The van der Waals surface area contributed by atoms with Crippen molar-refractivity contribution in [3.05, 3.63) is 126 Å². The molecule has 0 fully saturated rings. The highest BCUT2D eigenvalue weighted by molar-refractivity contribution is 5.86. The molecule has 2 atom stereocenters. The summed E-state index contributed by atoms with van der Waals surface area (Å²) in [7, 11) is 1.21. The van der Waals surface area contributed by atoms with E-state index in [4.69, 9.17) is 9.47 Å². The fourth-order valence-corrected chi connectivity index (χ4v) is 5.46. The van der Waals surface area contributed by atoms with Crippen molar-refractivity contribution in [3.63, 3.8) is 0 Å². The van der Waals surface area contributed by atoms with Crippen LogP contribution >= 0.6 is 0 Å². The predicted molar refractivity (Wildman–Crippen MR) is 192 cm³/mol. The number of benzene rings is 3. The highest BCUT2D eigenvalue weighted by Crippen LogP contribution is 2.24. The van der Waals surface area contributed by atoms with E-state index >= 15 is 0 Å². The summed E-state index contributed by atoms with van der Waals surface area (Å²) >= 11 is 0. The highest BCUT2D eigenvalue weighted by Gasteiger charge is 2.42. The van der Waals surface area contributed by atoms with Crippen LogP contribution in [0, 0.1) is 5.41 Å². The molecule has 4 N–H and O–H groups in total. The number of pyridine rings is 1. The Morgan fingerprint density at radius 1 is 0.804 bits per heavy atom. The molecule has 3 aromatic carbocycles. The van der Waals surface area contributed by atoms with Crippen molar-refractivity contribution in [2.24, 2.45) is 5.41 Å². The van der Waals surface area contributed by atoms with Crippen LogP contribution in [0.5, 0.6) is 0 Å². The zero-order valence-corrected chi connectivity index (χ0v) is 29.3. The number of ether oxygens (including phenoxy) is 2. The van der Waals surface area contributed by atoms with E-state index in [0.29, 0.717) is 5.56 Å². The van der Waals surface area contributed by atoms with Gasteiger partial charge in [-0.3, -0.25) is 15.2 Å². The third kappa shape index (κ3) is 11.4. The van der Waals surface area contributed by atoms with Crippen molar-refractivity contribution >= 4 is 24.1 Å². The Hall–Kier alpha value is -5.75. The van der Waals surface area contributed by atoms with Crippen LogP contribution in [0.3, 0.4) is 0 Å². The molecule has 0 saturated carbocycles. The van der Waals surface area contributed by atoms with Crippen molar-refractivity contribution in [1.29, 1.82) is 0 Å². The number of carboxylic acids is 1. The monoisotopic (exact) mass is 695 g/mol. The minimum atomic E-state index is -1.82. The Kier molecular flexibility index (Phi) is 13.3. The molecule has 51 heavy (non-hydrogen) atoms. The topological polar surface area (TPSA) is 159 Å². The molecule has 12 nitrogen and oxygen atoms in total. The number of hydrazine groups is 1. The first-order chi connectivity index (χ1) is 24.4. The summed E-state index contributed by atoms with van der Waals surface area (Å²) in [6.45, 7) is 5.52. The van der Waals surface area contributed by atoms with Crippen LogP contribution in [0.1, 0.15) is 43.9 Å². The number of carboxylic acid groups (broad SMARTS) is 1. The second-order valence-electron chi connectivity index (χ2n) is 13.3. The molecule has 0 radical (unpaired) electrons.